The third kappa shape index (κ3) is 4.19. The Hall–Kier alpha value is -1.62. The summed E-state index contributed by atoms with van der Waals surface area (Å²) in [6, 6.07) is 17.7. The first kappa shape index (κ1) is 18.4. The fourth-order valence-corrected chi connectivity index (χ4v) is 2.35. The van der Waals surface area contributed by atoms with Gasteiger partial charge in [0.2, 0.25) is 0 Å². The molecule has 0 aliphatic rings. The first-order valence-corrected chi connectivity index (χ1v) is 6.59. The molecule has 4 nitrogen and oxygen atoms in total. The van der Waals surface area contributed by atoms with Crippen LogP contribution in [0.15, 0.2) is 60.7 Å². The number of hydrogen-bond donors (Lipinski definition) is 2. The number of carboxylic acids is 2. The van der Waals surface area contributed by atoms with Crippen LogP contribution >= 0.6 is 0 Å². The normalized spacial score (nSPS) is 10.5. The van der Waals surface area contributed by atoms with Crippen molar-refractivity contribution in [2.75, 3.05) is 0 Å². The minimum atomic E-state index is -1.86. The van der Waals surface area contributed by atoms with Crippen LogP contribution in [0.4, 0.5) is 0 Å². The Bertz CT molecular complexity index is 568. The van der Waals surface area contributed by atoms with Crippen molar-refractivity contribution in [1.82, 2.24) is 0 Å². The van der Waals surface area contributed by atoms with Crippen LogP contribution in [0.5, 0.6) is 0 Å². The van der Waals surface area contributed by atoms with Gasteiger partial charge in [-0.3, -0.25) is 9.59 Å². The summed E-state index contributed by atoms with van der Waals surface area (Å²) in [6.07, 6.45) is -0.0964. The Morgan fingerprint density at radius 1 is 0.727 bits per heavy atom. The van der Waals surface area contributed by atoms with Crippen molar-refractivity contribution in [3.05, 3.63) is 71.8 Å². The van der Waals surface area contributed by atoms with Gasteiger partial charge in [-0.25, -0.2) is 0 Å². The summed E-state index contributed by atoms with van der Waals surface area (Å²) in [5.74, 6) is -2.63. The molecule has 0 saturated heterocycles. The summed E-state index contributed by atoms with van der Waals surface area (Å²) in [5, 5.41) is 19.1. The molecule has 0 atom stereocenters. The predicted molar refractivity (Wildman–Crippen MR) is 85.1 cm³/mol. The first-order chi connectivity index (χ1) is 10.0. The van der Waals surface area contributed by atoms with E-state index in [1.54, 1.807) is 48.5 Å². The molecule has 0 fully saturated rings. The van der Waals surface area contributed by atoms with Crippen molar-refractivity contribution >= 4 is 41.5 Å². The van der Waals surface area contributed by atoms with Crippen molar-refractivity contribution in [3.8, 4) is 0 Å². The molecule has 0 saturated carbocycles. The molecular formula is C17H17NaO4. The number of rotatable bonds is 6. The van der Waals surface area contributed by atoms with Gasteiger partial charge in [0, 0.05) is 0 Å². The van der Waals surface area contributed by atoms with Crippen LogP contribution in [0.25, 0.3) is 0 Å². The molecule has 2 rings (SSSR count). The van der Waals surface area contributed by atoms with Crippen molar-refractivity contribution in [3.63, 3.8) is 0 Å². The summed E-state index contributed by atoms with van der Waals surface area (Å²) in [5.41, 5.74) is -0.473. The molecule has 0 bridgehead atoms. The molecule has 0 unspecified atom stereocenters. The molecule has 2 aromatic carbocycles. The molecule has 22 heavy (non-hydrogen) atoms. The predicted octanol–water partition coefficient (Wildman–Crippen LogP) is 1.98. The Kier molecular flexibility index (Phi) is 6.81. The zero-order chi connectivity index (χ0) is 15.3. The van der Waals surface area contributed by atoms with Gasteiger partial charge in [0.25, 0.3) is 0 Å². The average Bonchev–Trinajstić information content (AvgIpc) is 2.48. The summed E-state index contributed by atoms with van der Waals surface area (Å²) in [4.78, 5) is 23.4. The van der Waals surface area contributed by atoms with E-state index in [1.165, 1.54) is 0 Å². The van der Waals surface area contributed by atoms with Crippen molar-refractivity contribution in [2.24, 2.45) is 5.41 Å². The van der Waals surface area contributed by atoms with Crippen molar-refractivity contribution in [2.45, 2.75) is 12.8 Å². The Labute approximate surface area is 151 Å². The van der Waals surface area contributed by atoms with Crippen LogP contribution < -0.4 is 0 Å². The molecule has 0 aromatic heterocycles. The van der Waals surface area contributed by atoms with E-state index in [9.17, 15) is 19.8 Å². The summed E-state index contributed by atoms with van der Waals surface area (Å²) in [6.45, 7) is 0. The summed E-state index contributed by atoms with van der Waals surface area (Å²) >= 11 is 0. The molecule has 0 amide bonds. The number of benzene rings is 2. The molecule has 2 N–H and O–H groups in total. The van der Waals surface area contributed by atoms with Gasteiger partial charge in [0.15, 0.2) is 5.41 Å². The van der Waals surface area contributed by atoms with E-state index >= 15 is 0 Å². The van der Waals surface area contributed by atoms with Crippen LogP contribution in [0.2, 0.25) is 0 Å². The van der Waals surface area contributed by atoms with Crippen LogP contribution in [0.3, 0.4) is 0 Å². The second kappa shape index (κ2) is 8.13. The van der Waals surface area contributed by atoms with Crippen LogP contribution in [-0.2, 0) is 22.4 Å². The zero-order valence-electron chi connectivity index (χ0n) is 11.4. The van der Waals surface area contributed by atoms with Gasteiger partial charge < -0.3 is 10.2 Å². The fourth-order valence-electron chi connectivity index (χ4n) is 2.35. The Morgan fingerprint density at radius 3 is 1.32 bits per heavy atom. The molecule has 0 spiro atoms. The minimum absolute atomic E-state index is 0. The molecular weight excluding hydrogens is 291 g/mol. The monoisotopic (exact) mass is 308 g/mol. The molecule has 0 heterocycles. The van der Waals surface area contributed by atoms with Crippen molar-refractivity contribution < 1.29 is 19.8 Å². The maximum atomic E-state index is 11.7. The third-order valence-electron chi connectivity index (χ3n) is 3.52. The molecule has 2 aromatic rings. The van der Waals surface area contributed by atoms with E-state index in [4.69, 9.17) is 0 Å². The second-order valence-corrected chi connectivity index (χ2v) is 5.02. The molecule has 0 radical (unpaired) electrons. The van der Waals surface area contributed by atoms with Crippen LogP contribution in [0.1, 0.15) is 11.1 Å². The fraction of sp³-hybridized carbons (Fsp3) is 0.176. The van der Waals surface area contributed by atoms with E-state index in [1.807, 2.05) is 12.1 Å². The zero-order valence-corrected chi connectivity index (χ0v) is 11.4. The Morgan fingerprint density at radius 2 is 1.05 bits per heavy atom. The third-order valence-corrected chi connectivity index (χ3v) is 3.52. The van der Waals surface area contributed by atoms with E-state index in [0.29, 0.717) is 11.1 Å². The standard InChI is InChI=1S/C17H16O4.Na.H/c18-15(19)17(16(20)21,11-13-7-3-1-4-8-13)12-14-9-5-2-6-10-14;;/h1-10H,11-12H2,(H,18,19)(H,20,21);;. The van der Waals surface area contributed by atoms with Gasteiger partial charge in [-0.15, -0.1) is 0 Å². The Balaban J connectivity index is 0.00000242. The average molecular weight is 308 g/mol. The van der Waals surface area contributed by atoms with Gasteiger partial charge in [0.05, 0.1) is 0 Å². The van der Waals surface area contributed by atoms with E-state index in [-0.39, 0.29) is 42.4 Å². The second-order valence-electron chi connectivity index (χ2n) is 5.02. The van der Waals surface area contributed by atoms with E-state index in [2.05, 4.69) is 0 Å². The molecule has 0 aliphatic heterocycles. The quantitative estimate of drug-likeness (QED) is 0.632. The van der Waals surface area contributed by atoms with Gasteiger partial charge in [-0.05, 0) is 24.0 Å². The van der Waals surface area contributed by atoms with Crippen LogP contribution in [0, 0.1) is 5.41 Å². The van der Waals surface area contributed by atoms with Gasteiger partial charge in [-0.2, -0.15) is 0 Å². The number of carboxylic acid groups (broad SMARTS) is 2. The molecule has 110 valence electrons. The molecule has 0 aliphatic carbocycles. The number of hydrogen-bond acceptors (Lipinski definition) is 2. The molecule has 5 heteroatoms. The summed E-state index contributed by atoms with van der Waals surface area (Å²) < 4.78 is 0. The SMILES string of the molecule is O=C(O)C(Cc1ccccc1)(Cc1ccccc1)C(=O)O.[NaH]. The number of aliphatic carboxylic acids is 2. The summed E-state index contributed by atoms with van der Waals surface area (Å²) in [7, 11) is 0. The van der Waals surface area contributed by atoms with Gasteiger partial charge in [0.1, 0.15) is 0 Å². The maximum absolute atomic E-state index is 11.7. The first-order valence-electron chi connectivity index (χ1n) is 6.59. The van der Waals surface area contributed by atoms with Gasteiger partial charge >= 0.3 is 41.5 Å². The topological polar surface area (TPSA) is 74.6 Å². The van der Waals surface area contributed by atoms with E-state index < -0.39 is 17.4 Å². The van der Waals surface area contributed by atoms with Crippen LogP contribution in [-0.4, -0.2) is 51.7 Å². The van der Waals surface area contributed by atoms with Crippen molar-refractivity contribution in [1.29, 1.82) is 0 Å². The number of carbonyl (C=O) groups is 2. The van der Waals surface area contributed by atoms with E-state index in [0.717, 1.165) is 0 Å². The van der Waals surface area contributed by atoms with Gasteiger partial charge in [-0.1, -0.05) is 60.7 Å².